The Kier molecular flexibility index (Phi) is 5.17. The van der Waals surface area contributed by atoms with Crippen molar-refractivity contribution in [1.29, 1.82) is 0 Å². The highest BCUT2D eigenvalue weighted by Gasteiger charge is 2.27. The van der Waals surface area contributed by atoms with Gasteiger partial charge in [-0.3, -0.25) is 0 Å². The molecule has 20 heavy (non-hydrogen) atoms. The van der Waals surface area contributed by atoms with Crippen LogP contribution in [-0.2, 0) is 9.53 Å². The highest BCUT2D eigenvalue weighted by molar-refractivity contribution is 5.74. The summed E-state index contributed by atoms with van der Waals surface area (Å²) in [6.45, 7) is 5.26. The summed E-state index contributed by atoms with van der Waals surface area (Å²) < 4.78 is 6.97. The number of esters is 1. The maximum absolute atomic E-state index is 12.1. The summed E-state index contributed by atoms with van der Waals surface area (Å²) in [7, 11) is 1.45. The molecule has 0 aliphatic carbocycles. The van der Waals surface area contributed by atoms with Gasteiger partial charge in [-0.05, 0) is 31.7 Å². The molecule has 0 radical (unpaired) electrons. The lowest BCUT2D eigenvalue weighted by Gasteiger charge is -2.27. The van der Waals surface area contributed by atoms with Gasteiger partial charge in [0.25, 0.3) is 0 Å². The van der Waals surface area contributed by atoms with Gasteiger partial charge in [0, 0.05) is 12.2 Å². The van der Waals surface area contributed by atoms with Gasteiger partial charge in [-0.15, -0.1) is 0 Å². The Bertz CT molecular complexity index is 436. The van der Waals surface area contributed by atoms with Gasteiger partial charge in [-0.25, -0.2) is 9.78 Å². The SMILES string of the molecule is COC(=O)C(CC(C)C)n1cncc1C1CCCCN1. The number of carbonyl (C=O) groups excluding carboxylic acids is 1. The van der Waals surface area contributed by atoms with Crippen molar-refractivity contribution in [2.45, 2.75) is 51.6 Å². The van der Waals surface area contributed by atoms with Gasteiger partial charge in [0.2, 0.25) is 0 Å². The molecule has 1 saturated heterocycles. The first-order valence-corrected chi connectivity index (χ1v) is 7.46. The molecule has 1 N–H and O–H groups in total. The molecule has 1 aliphatic heterocycles. The summed E-state index contributed by atoms with van der Waals surface area (Å²) in [4.78, 5) is 16.3. The van der Waals surface area contributed by atoms with Crippen LogP contribution in [0, 0.1) is 5.92 Å². The van der Waals surface area contributed by atoms with Crippen molar-refractivity contribution in [2.75, 3.05) is 13.7 Å². The second-order valence-corrected chi connectivity index (χ2v) is 5.90. The number of ether oxygens (including phenoxy) is 1. The van der Waals surface area contributed by atoms with Gasteiger partial charge >= 0.3 is 5.97 Å². The summed E-state index contributed by atoms with van der Waals surface area (Å²) in [6.07, 6.45) is 7.94. The van der Waals surface area contributed by atoms with E-state index < -0.39 is 0 Å². The number of carbonyl (C=O) groups is 1. The molecule has 0 aromatic carbocycles. The standard InChI is InChI=1S/C15H25N3O2/c1-11(2)8-13(15(19)20-3)18-10-16-9-14(18)12-6-4-5-7-17-12/h9-13,17H,4-8H2,1-3H3. The van der Waals surface area contributed by atoms with E-state index in [4.69, 9.17) is 4.74 Å². The van der Waals surface area contributed by atoms with Gasteiger partial charge in [-0.2, -0.15) is 0 Å². The molecule has 1 aromatic heterocycles. The molecule has 5 nitrogen and oxygen atoms in total. The number of aromatic nitrogens is 2. The molecular weight excluding hydrogens is 254 g/mol. The molecule has 112 valence electrons. The van der Waals surface area contributed by atoms with Crippen molar-refractivity contribution in [3.05, 3.63) is 18.2 Å². The molecular formula is C15H25N3O2. The predicted molar refractivity (Wildman–Crippen MR) is 77.3 cm³/mol. The second-order valence-electron chi connectivity index (χ2n) is 5.90. The van der Waals surface area contributed by atoms with E-state index in [9.17, 15) is 4.79 Å². The lowest BCUT2D eigenvalue weighted by atomic mass is 10.00. The van der Waals surface area contributed by atoms with Gasteiger partial charge in [0.05, 0.1) is 19.1 Å². The number of hydrogen-bond donors (Lipinski definition) is 1. The Balaban J connectivity index is 2.24. The molecule has 0 saturated carbocycles. The second kappa shape index (κ2) is 6.88. The van der Waals surface area contributed by atoms with Crippen LogP contribution in [0.2, 0.25) is 0 Å². The molecule has 2 heterocycles. The average molecular weight is 279 g/mol. The smallest absolute Gasteiger partial charge is 0.328 e. The summed E-state index contributed by atoms with van der Waals surface area (Å²) in [5.41, 5.74) is 1.10. The summed E-state index contributed by atoms with van der Waals surface area (Å²) in [5, 5.41) is 3.51. The first kappa shape index (κ1) is 15.0. The van der Waals surface area contributed by atoms with Crippen LogP contribution < -0.4 is 5.32 Å². The average Bonchev–Trinajstić information content (AvgIpc) is 2.93. The minimum atomic E-state index is -0.277. The molecule has 2 unspecified atom stereocenters. The molecule has 5 heteroatoms. The van der Waals surface area contributed by atoms with Crippen molar-refractivity contribution >= 4 is 5.97 Å². The van der Waals surface area contributed by atoms with Crippen molar-refractivity contribution in [1.82, 2.24) is 14.9 Å². The Morgan fingerprint density at radius 2 is 2.35 bits per heavy atom. The van der Waals surface area contributed by atoms with E-state index in [0.717, 1.165) is 25.1 Å². The Morgan fingerprint density at radius 1 is 1.55 bits per heavy atom. The lowest BCUT2D eigenvalue weighted by Crippen LogP contribution is -2.31. The minimum absolute atomic E-state index is 0.186. The summed E-state index contributed by atoms with van der Waals surface area (Å²) in [5.74, 6) is 0.238. The zero-order valence-corrected chi connectivity index (χ0v) is 12.6. The van der Waals surface area contributed by atoms with E-state index in [1.807, 2.05) is 10.8 Å². The molecule has 0 bridgehead atoms. The van der Waals surface area contributed by atoms with Gasteiger partial charge < -0.3 is 14.6 Å². The first-order valence-electron chi connectivity index (χ1n) is 7.46. The molecule has 0 spiro atoms. The number of nitrogens with one attached hydrogen (secondary N) is 1. The Hall–Kier alpha value is -1.36. The van der Waals surface area contributed by atoms with Gasteiger partial charge in [0.1, 0.15) is 6.04 Å². The highest BCUT2D eigenvalue weighted by Crippen LogP contribution is 2.28. The predicted octanol–water partition coefficient (Wildman–Crippen LogP) is 2.46. The molecule has 1 fully saturated rings. The maximum Gasteiger partial charge on any atom is 0.328 e. The zero-order valence-electron chi connectivity index (χ0n) is 12.6. The highest BCUT2D eigenvalue weighted by atomic mass is 16.5. The number of imidazole rings is 1. The van der Waals surface area contributed by atoms with E-state index in [1.54, 1.807) is 6.33 Å². The van der Waals surface area contributed by atoms with Crippen LogP contribution in [0.4, 0.5) is 0 Å². The van der Waals surface area contributed by atoms with Crippen molar-refractivity contribution in [3.8, 4) is 0 Å². The van der Waals surface area contributed by atoms with Crippen LogP contribution in [0.1, 0.15) is 57.3 Å². The number of methoxy groups -OCH3 is 1. The van der Waals surface area contributed by atoms with Crippen LogP contribution in [0.5, 0.6) is 0 Å². The zero-order chi connectivity index (χ0) is 14.5. The van der Waals surface area contributed by atoms with Gasteiger partial charge in [0.15, 0.2) is 0 Å². The van der Waals surface area contributed by atoms with E-state index in [0.29, 0.717) is 12.0 Å². The molecule has 2 rings (SSSR count). The third-order valence-corrected chi connectivity index (χ3v) is 3.87. The molecule has 1 aromatic rings. The molecule has 0 amide bonds. The largest absolute Gasteiger partial charge is 0.467 e. The summed E-state index contributed by atoms with van der Waals surface area (Å²) >= 11 is 0. The van der Waals surface area contributed by atoms with E-state index >= 15 is 0 Å². The van der Waals surface area contributed by atoms with E-state index in [1.165, 1.54) is 20.0 Å². The van der Waals surface area contributed by atoms with Crippen molar-refractivity contribution in [3.63, 3.8) is 0 Å². The maximum atomic E-state index is 12.1. The normalized spacial score (nSPS) is 20.9. The number of rotatable bonds is 5. The van der Waals surface area contributed by atoms with Crippen LogP contribution >= 0.6 is 0 Å². The first-order chi connectivity index (χ1) is 9.63. The van der Waals surface area contributed by atoms with Crippen LogP contribution in [0.25, 0.3) is 0 Å². The summed E-state index contributed by atoms with van der Waals surface area (Å²) in [6, 6.07) is 0.0202. The fraction of sp³-hybridized carbons (Fsp3) is 0.733. The van der Waals surface area contributed by atoms with Crippen molar-refractivity contribution in [2.24, 2.45) is 5.92 Å². The quantitative estimate of drug-likeness (QED) is 0.841. The van der Waals surface area contributed by atoms with Crippen LogP contribution in [-0.4, -0.2) is 29.2 Å². The monoisotopic (exact) mass is 279 g/mol. The fourth-order valence-corrected chi connectivity index (χ4v) is 2.86. The Morgan fingerprint density at radius 3 is 2.95 bits per heavy atom. The molecule has 1 aliphatic rings. The topological polar surface area (TPSA) is 56.2 Å². The number of piperidine rings is 1. The third-order valence-electron chi connectivity index (χ3n) is 3.87. The Labute approximate surface area is 120 Å². The van der Waals surface area contributed by atoms with Crippen molar-refractivity contribution < 1.29 is 9.53 Å². The fourth-order valence-electron chi connectivity index (χ4n) is 2.86. The van der Waals surface area contributed by atoms with E-state index in [-0.39, 0.29) is 12.0 Å². The lowest BCUT2D eigenvalue weighted by molar-refractivity contribution is -0.145. The number of nitrogens with zero attached hydrogens (tertiary/aromatic N) is 2. The molecule has 2 atom stereocenters. The van der Waals surface area contributed by atoms with Crippen LogP contribution in [0.3, 0.4) is 0 Å². The van der Waals surface area contributed by atoms with Crippen LogP contribution in [0.15, 0.2) is 12.5 Å². The third kappa shape index (κ3) is 3.39. The van der Waals surface area contributed by atoms with E-state index in [2.05, 4.69) is 24.1 Å². The minimum Gasteiger partial charge on any atom is -0.467 e. The van der Waals surface area contributed by atoms with Gasteiger partial charge in [-0.1, -0.05) is 20.3 Å². The number of hydrogen-bond acceptors (Lipinski definition) is 4.